The van der Waals surface area contributed by atoms with E-state index in [1.165, 1.54) is 6.21 Å². The molecule has 2 aromatic rings. The summed E-state index contributed by atoms with van der Waals surface area (Å²) < 4.78 is 5.38. The van der Waals surface area contributed by atoms with Gasteiger partial charge in [-0.1, -0.05) is 30.3 Å². The second-order valence-corrected chi connectivity index (χ2v) is 6.45. The highest BCUT2D eigenvalue weighted by Crippen LogP contribution is 2.10. The molecule has 152 valence electrons. The number of nitrogens with one attached hydrogen (secondary N) is 3. The minimum atomic E-state index is -0.853. The molecule has 0 fully saturated rings. The summed E-state index contributed by atoms with van der Waals surface area (Å²) in [5, 5.41) is 9.01. The van der Waals surface area contributed by atoms with Crippen molar-refractivity contribution < 1.29 is 19.1 Å². The van der Waals surface area contributed by atoms with Gasteiger partial charge in [-0.3, -0.25) is 14.4 Å². The Labute approximate surface area is 169 Å². The summed E-state index contributed by atoms with van der Waals surface area (Å²) in [6.45, 7) is 3.93. The molecule has 0 atom stereocenters. The predicted molar refractivity (Wildman–Crippen MR) is 109 cm³/mol. The molecular formula is C21H24N4O4. The fourth-order valence-electron chi connectivity index (χ4n) is 2.24. The number of carbonyl (C=O) groups is 3. The van der Waals surface area contributed by atoms with Gasteiger partial charge >= 0.3 is 11.8 Å². The van der Waals surface area contributed by atoms with Crippen LogP contribution in [0.25, 0.3) is 0 Å². The second-order valence-electron chi connectivity index (χ2n) is 6.45. The van der Waals surface area contributed by atoms with Crippen LogP contribution in [0.15, 0.2) is 59.7 Å². The third kappa shape index (κ3) is 8.25. The van der Waals surface area contributed by atoms with E-state index in [-0.39, 0.29) is 25.1 Å². The van der Waals surface area contributed by atoms with Crippen LogP contribution < -0.4 is 20.8 Å². The molecule has 0 saturated heterocycles. The van der Waals surface area contributed by atoms with E-state index in [1.54, 1.807) is 24.3 Å². The molecule has 0 spiro atoms. The average molecular weight is 396 g/mol. The molecule has 0 saturated carbocycles. The molecule has 29 heavy (non-hydrogen) atoms. The van der Waals surface area contributed by atoms with E-state index < -0.39 is 11.8 Å². The van der Waals surface area contributed by atoms with Gasteiger partial charge in [0.15, 0.2) is 6.61 Å². The summed E-state index contributed by atoms with van der Waals surface area (Å²) >= 11 is 0. The minimum absolute atomic E-state index is 0.0559. The van der Waals surface area contributed by atoms with Crippen LogP contribution in [0.4, 0.5) is 0 Å². The van der Waals surface area contributed by atoms with Crippen molar-refractivity contribution in [1.29, 1.82) is 0 Å². The van der Waals surface area contributed by atoms with Crippen molar-refractivity contribution in [2.24, 2.45) is 5.10 Å². The van der Waals surface area contributed by atoms with Crippen molar-refractivity contribution in [3.05, 3.63) is 65.7 Å². The first-order valence-electron chi connectivity index (χ1n) is 9.11. The fraction of sp³-hybridized carbons (Fsp3) is 0.238. The molecule has 0 aliphatic carbocycles. The maximum atomic E-state index is 11.8. The zero-order valence-electron chi connectivity index (χ0n) is 16.3. The van der Waals surface area contributed by atoms with Crippen molar-refractivity contribution >= 4 is 23.9 Å². The molecular weight excluding hydrogens is 372 g/mol. The maximum Gasteiger partial charge on any atom is 0.329 e. The molecule has 2 aromatic carbocycles. The van der Waals surface area contributed by atoms with Gasteiger partial charge in [0.05, 0.1) is 6.21 Å². The molecule has 8 heteroatoms. The summed E-state index contributed by atoms with van der Waals surface area (Å²) in [6.07, 6.45) is 1.40. The summed E-state index contributed by atoms with van der Waals surface area (Å²) in [5.41, 5.74) is 3.75. The summed E-state index contributed by atoms with van der Waals surface area (Å²) in [5.74, 6) is -1.29. The van der Waals surface area contributed by atoms with Gasteiger partial charge in [0, 0.05) is 12.6 Å². The number of benzene rings is 2. The molecule has 0 radical (unpaired) electrons. The van der Waals surface area contributed by atoms with Gasteiger partial charge in [-0.25, -0.2) is 5.43 Å². The Hall–Kier alpha value is -3.68. The number of ether oxygens (including phenoxy) is 1. The van der Waals surface area contributed by atoms with Gasteiger partial charge < -0.3 is 15.4 Å². The highest BCUT2D eigenvalue weighted by molar-refractivity contribution is 6.35. The Kier molecular flexibility index (Phi) is 8.37. The zero-order chi connectivity index (χ0) is 21.1. The van der Waals surface area contributed by atoms with Crippen LogP contribution in [-0.2, 0) is 20.9 Å². The van der Waals surface area contributed by atoms with Crippen LogP contribution >= 0.6 is 0 Å². The average Bonchev–Trinajstić information content (AvgIpc) is 2.71. The molecule has 8 nitrogen and oxygen atoms in total. The maximum absolute atomic E-state index is 11.8. The molecule has 0 unspecified atom stereocenters. The number of hydrogen-bond donors (Lipinski definition) is 3. The van der Waals surface area contributed by atoms with Gasteiger partial charge in [-0.05, 0) is 49.2 Å². The molecule has 2 rings (SSSR count). The molecule has 0 bridgehead atoms. The summed E-state index contributed by atoms with van der Waals surface area (Å²) in [7, 11) is 0. The third-order valence-electron chi connectivity index (χ3n) is 3.58. The van der Waals surface area contributed by atoms with E-state index >= 15 is 0 Å². The number of nitrogens with zero attached hydrogens (tertiary/aromatic N) is 1. The van der Waals surface area contributed by atoms with Crippen LogP contribution in [-0.4, -0.2) is 36.6 Å². The Balaban J connectivity index is 1.74. The Bertz CT molecular complexity index is 849. The Morgan fingerprint density at radius 1 is 1.00 bits per heavy atom. The molecule has 0 aliphatic rings. The van der Waals surface area contributed by atoms with Crippen LogP contribution in [0.1, 0.15) is 25.0 Å². The van der Waals surface area contributed by atoms with Crippen LogP contribution in [0.2, 0.25) is 0 Å². The number of hydrogen-bond acceptors (Lipinski definition) is 5. The number of carbonyl (C=O) groups excluding carboxylic acids is 3. The Morgan fingerprint density at radius 3 is 2.34 bits per heavy atom. The minimum Gasteiger partial charge on any atom is -0.484 e. The van der Waals surface area contributed by atoms with Gasteiger partial charge in [0.1, 0.15) is 5.75 Å². The summed E-state index contributed by atoms with van der Waals surface area (Å²) in [4.78, 5) is 35.0. The van der Waals surface area contributed by atoms with E-state index in [0.717, 1.165) is 5.56 Å². The topological polar surface area (TPSA) is 109 Å². The van der Waals surface area contributed by atoms with E-state index in [1.807, 2.05) is 44.2 Å². The first-order valence-corrected chi connectivity index (χ1v) is 9.11. The zero-order valence-corrected chi connectivity index (χ0v) is 16.3. The second kappa shape index (κ2) is 11.2. The number of amides is 3. The van der Waals surface area contributed by atoms with Gasteiger partial charge in [0.2, 0.25) is 0 Å². The third-order valence-corrected chi connectivity index (χ3v) is 3.58. The standard InChI is InChI=1S/C21H24N4O4/c1-15(2)24-19(26)14-29-18-10-8-17(9-11-18)13-23-25-21(28)20(27)22-12-16-6-4-3-5-7-16/h3-11,13,15H,12,14H2,1-2H3,(H,22,27)(H,24,26)(H,25,28)/b23-13-. The highest BCUT2D eigenvalue weighted by atomic mass is 16.5. The molecule has 3 amide bonds. The molecule has 0 aromatic heterocycles. The fourth-order valence-corrected chi connectivity index (χ4v) is 2.24. The summed E-state index contributed by atoms with van der Waals surface area (Å²) in [6, 6.07) is 16.1. The first-order chi connectivity index (χ1) is 13.9. The van der Waals surface area contributed by atoms with E-state index in [0.29, 0.717) is 11.3 Å². The molecule has 0 aliphatic heterocycles. The Morgan fingerprint density at radius 2 is 1.69 bits per heavy atom. The van der Waals surface area contributed by atoms with Crippen LogP contribution in [0.5, 0.6) is 5.75 Å². The van der Waals surface area contributed by atoms with E-state index in [2.05, 4.69) is 21.2 Å². The van der Waals surface area contributed by atoms with Gasteiger partial charge in [-0.2, -0.15) is 5.10 Å². The van der Waals surface area contributed by atoms with Gasteiger partial charge in [0.25, 0.3) is 5.91 Å². The normalized spacial score (nSPS) is 10.6. The van der Waals surface area contributed by atoms with E-state index in [9.17, 15) is 14.4 Å². The van der Waals surface area contributed by atoms with Crippen molar-refractivity contribution in [1.82, 2.24) is 16.1 Å². The molecule has 0 heterocycles. The largest absolute Gasteiger partial charge is 0.484 e. The predicted octanol–water partition coefficient (Wildman–Crippen LogP) is 1.36. The number of hydrazone groups is 1. The van der Waals surface area contributed by atoms with Crippen molar-refractivity contribution in [2.45, 2.75) is 26.4 Å². The number of rotatable bonds is 8. The van der Waals surface area contributed by atoms with E-state index in [4.69, 9.17) is 4.74 Å². The lowest BCUT2D eigenvalue weighted by molar-refractivity contribution is -0.139. The monoisotopic (exact) mass is 396 g/mol. The quantitative estimate of drug-likeness (QED) is 0.356. The SMILES string of the molecule is CC(C)NC(=O)COc1ccc(/C=N\NC(=O)C(=O)NCc2ccccc2)cc1. The van der Waals surface area contributed by atoms with Crippen molar-refractivity contribution in [2.75, 3.05) is 6.61 Å². The smallest absolute Gasteiger partial charge is 0.329 e. The van der Waals surface area contributed by atoms with Crippen molar-refractivity contribution in [3.8, 4) is 5.75 Å². The first kappa shape index (κ1) is 21.6. The van der Waals surface area contributed by atoms with Crippen LogP contribution in [0, 0.1) is 0 Å². The van der Waals surface area contributed by atoms with Crippen LogP contribution in [0.3, 0.4) is 0 Å². The lowest BCUT2D eigenvalue weighted by Gasteiger charge is -2.09. The van der Waals surface area contributed by atoms with Gasteiger partial charge in [-0.15, -0.1) is 0 Å². The lowest BCUT2D eigenvalue weighted by atomic mass is 10.2. The lowest BCUT2D eigenvalue weighted by Crippen LogP contribution is -2.37. The van der Waals surface area contributed by atoms with Crippen molar-refractivity contribution in [3.63, 3.8) is 0 Å². The molecule has 3 N–H and O–H groups in total. The highest BCUT2D eigenvalue weighted by Gasteiger charge is 2.11.